The number of aryl methyl sites for hydroxylation is 2. The zero-order valence-electron chi connectivity index (χ0n) is 17.3. The first-order chi connectivity index (χ1) is 14.9. The average molecular weight is 417 g/mol. The van der Waals surface area contributed by atoms with Gasteiger partial charge in [0, 0.05) is 11.6 Å². The Hall–Kier alpha value is -3.80. The Kier molecular flexibility index (Phi) is 5.62. The quantitative estimate of drug-likeness (QED) is 0.581. The van der Waals surface area contributed by atoms with Crippen LogP contribution in [-0.4, -0.2) is 30.4 Å². The second kappa shape index (κ2) is 8.52. The number of fused-ring (bicyclic) bond motifs is 3. The Morgan fingerprint density at radius 1 is 0.935 bits per heavy atom. The fourth-order valence-corrected chi connectivity index (χ4v) is 4.14. The summed E-state index contributed by atoms with van der Waals surface area (Å²) in [5.74, 6) is -0.548. The Bertz CT molecular complexity index is 1090. The number of nitrogens with one attached hydrogen (secondary N) is 1. The largest absolute Gasteiger partial charge is 0.481 e. The van der Waals surface area contributed by atoms with Crippen LogP contribution in [0.1, 0.15) is 28.2 Å². The van der Waals surface area contributed by atoms with Gasteiger partial charge in [0.25, 0.3) is 0 Å². The molecule has 1 aliphatic carbocycles. The molecule has 3 aromatic rings. The van der Waals surface area contributed by atoms with Crippen LogP contribution in [0.3, 0.4) is 0 Å². The lowest BCUT2D eigenvalue weighted by atomic mass is 9.98. The van der Waals surface area contributed by atoms with Crippen LogP contribution in [0.4, 0.5) is 10.5 Å². The van der Waals surface area contributed by atoms with Crippen molar-refractivity contribution in [2.45, 2.75) is 19.8 Å². The molecule has 1 amide bonds. The second-order valence-corrected chi connectivity index (χ2v) is 7.57. The van der Waals surface area contributed by atoms with Gasteiger partial charge < -0.3 is 14.6 Å². The van der Waals surface area contributed by atoms with E-state index in [2.05, 4.69) is 29.6 Å². The fraction of sp³-hybridized carbons (Fsp3) is 0.200. The molecular formula is C25H23NO5. The average Bonchev–Trinajstić information content (AvgIpc) is 3.05. The van der Waals surface area contributed by atoms with Gasteiger partial charge in [-0.15, -0.1) is 0 Å². The van der Waals surface area contributed by atoms with E-state index in [0.717, 1.165) is 22.3 Å². The smallest absolute Gasteiger partial charge is 0.411 e. The van der Waals surface area contributed by atoms with Gasteiger partial charge in [-0.25, -0.2) is 9.59 Å². The van der Waals surface area contributed by atoms with E-state index in [9.17, 15) is 9.59 Å². The molecule has 0 atom stereocenters. The van der Waals surface area contributed by atoms with Crippen molar-refractivity contribution in [1.29, 1.82) is 0 Å². The van der Waals surface area contributed by atoms with Crippen molar-refractivity contribution in [3.63, 3.8) is 0 Å². The summed E-state index contributed by atoms with van der Waals surface area (Å²) < 4.78 is 10.9. The third kappa shape index (κ3) is 4.23. The van der Waals surface area contributed by atoms with E-state index in [-0.39, 0.29) is 12.5 Å². The molecule has 31 heavy (non-hydrogen) atoms. The second-order valence-electron chi connectivity index (χ2n) is 7.57. The summed E-state index contributed by atoms with van der Waals surface area (Å²) in [6.07, 6.45) is -0.542. The van der Waals surface area contributed by atoms with Crippen LogP contribution >= 0.6 is 0 Å². The molecule has 0 spiro atoms. The number of rotatable bonds is 6. The van der Waals surface area contributed by atoms with Gasteiger partial charge in [0.1, 0.15) is 12.4 Å². The molecule has 4 rings (SSSR count). The zero-order chi connectivity index (χ0) is 22.0. The van der Waals surface area contributed by atoms with Crippen LogP contribution in [-0.2, 0) is 9.53 Å². The number of carbonyl (C=O) groups excluding carboxylic acids is 1. The van der Waals surface area contributed by atoms with Crippen molar-refractivity contribution in [3.8, 4) is 16.9 Å². The minimum absolute atomic E-state index is 0.00610. The number of hydrogen-bond acceptors (Lipinski definition) is 4. The topological polar surface area (TPSA) is 84.9 Å². The third-order valence-corrected chi connectivity index (χ3v) is 5.39. The first-order valence-corrected chi connectivity index (χ1v) is 10.0. The molecule has 2 N–H and O–H groups in total. The predicted octanol–water partition coefficient (Wildman–Crippen LogP) is 5.13. The van der Waals surface area contributed by atoms with Crippen molar-refractivity contribution < 1.29 is 24.2 Å². The van der Waals surface area contributed by atoms with Crippen LogP contribution in [0.2, 0.25) is 0 Å². The van der Waals surface area contributed by atoms with Crippen LogP contribution in [0, 0.1) is 13.8 Å². The Morgan fingerprint density at radius 2 is 1.48 bits per heavy atom. The minimum Gasteiger partial charge on any atom is -0.481 e. The van der Waals surface area contributed by atoms with Crippen molar-refractivity contribution in [3.05, 3.63) is 82.9 Å². The first kappa shape index (κ1) is 20.5. The van der Waals surface area contributed by atoms with Gasteiger partial charge in [0.2, 0.25) is 0 Å². The lowest BCUT2D eigenvalue weighted by Gasteiger charge is -2.16. The van der Waals surface area contributed by atoms with Crippen LogP contribution in [0.25, 0.3) is 11.1 Å². The molecule has 0 aromatic heterocycles. The van der Waals surface area contributed by atoms with E-state index >= 15 is 0 Å². The molecule has 0 heterocycles. The summed E-state index contributed by atoms with van der Waals surface area (Å²) in [5.41, 5.74) is 6.69. The maximum absolute atomic E-state index is 12.5. The van der Waals surface area contributed by atoms with E-state index in [0.29, 0.717) is 11.4 Å². The lowest BCUT2D eigenvalue weighted by Crippen LogP contribution is -2.18. The van der Waals surface area contributed by atoms with Crippen LogP contribution < -0.4 is 10.1 Å². The summed E-state index contributed by atoms with van der Waals surface area (Å²) in [4.78, 5) is 23.2. The lowest BCUT2D eigenvalue weighted by molar-refractivity contribution is -0.139. The van der Waals surface area contributed by atoms with Gasteiger partial charge >= 0.3 is 12.1 Å². The maximum atomic E-state index is 12.5. The zero-order valence-corrected chi connectivity index (χ0v) is 17.3. The molecule has 0 unspecified atom stereocenters. The maximum Gasteiger partial charge on any atom is 0.411 e. The monoisotopic (exact) mass is 417 g/mol. The van der Waals surface area contributed by atoms with Gasteiger partial charge in [-0.1, -0.05) is 48.5 Å². The van der Waals surface area contributed by atoms with Gasteiger partial charge in [-0.2, -0.15) is 0 Å². The number of anilines is 1. The molecular weight excluding hydrogens is 394 g/mol. The highest BCUT2D eigenvalue weighted by Crippen LogP contribution is 2.44. The molecule has 1 aliphatic rings. The first-order valence-electron chi connectivity index (χ1n) is 10.0. The highest BCUT2D eigenvalue weighted by molar-refractivity contribution is 5.85. The van der Waals surface area contributed by atoms with Gasteiger partial charge in [-0.05, 0) is 59.4 Å². The standard InChI is InChI=1S/C25H23NO5/c1-15-11-17(12-16(2)24(15)30-14-23(27)28)26-25(29)31-13-22-20-9-5-3-7-18(20)19-8-4-6-10-21(19)22/h3-12,22H,13-14H2,1-2H3,(H,26,29)(H,27,28). The fourth-order valence-electron chi connectivity index (χ4n) is 4.14. The summed E-state index contributed by atoms with van der Waals surface area (Å²) in [6, 6.07) is 19.8. The van der Waals surface area contributed by atoms with Gasteiger partial charge in [-0.3, -0.25) is 5.32 Å². The van der Waals surface area contributed by atoms with E-state index in [1.165, 1.54) is 11.1 Å². The van der Waals surface area contributed by atoms with E-state index < -0.39 is 18.7 Å². The molecule has 0 fully saturated rings. The van der Waals surface area contributed by atoms with E-state index in [1.807, 2.05) is 24.3 Å². The highest BCUT2D eigenvalue weighted by Gasteiger charge is 2.29. The molecule has 0 bridgehead atoms. The predicted molar refractivity (Wildman–Crippen MR) is 118 cm³/mol. The number of benzene rings is 3. The molecule has 0 aliphatic heterocycles. The number of carbonyl (C=O) groups is 2. The highest BCUT2D eigenvalue weighted by atomic mass is 16.5. The van der Waals surface area contributed by atoms with E-state index in [4.69, 9.17) is 14.6 Å². The number of amides is 1. The number of carboxylic acid groups (broad SMARTS) is 1. The molecule has 0 saturated heterocycles. The van der Waals surface area contributed by atoms with E-state index in [1.54, 1.807) is 26.0 Å². The minimum atomic E-state index is -1.04. The molecule has 6 heteroatoms. The SMILES string of the molecule is Cc1cc(NC(=O)OCC2c3ccccc3-c3ccccc32)cc(C)c1OCC(=O)O. The molecule has 6 nitrogen and oxygen atoms in total. The van der Waals surface area contributed by atoms with Gasteiger partial charge in [0.15, 0.2) is 6.61 Å². The van der Waals surface area contributed by atoms with Gasteiger partial charge in [0.05, 0.1) is 0 Å². The third-order valence-electron chi connectivity index (χ3n) is 5.39. The van der Waals surface area contributed by atoms with Crippen molar-refractivity contribution >= 4 is 17.7 Å². The van der Waals surface area contributed by atoms with Crippen LogP contribution in [0.5, 0.6) is 5.75 Å². The van der Waals surface area contributed by atoms with Crippen molar-refractivity contribution in [1.82, 2.24) is 0 Å². The number of carboxylic acids is 1. The van der Waals surface area contributed by atoms with Crippen LogP contribution in [0.15, 0.2) is 60.7 Å². The van der Waals surface area contributed by atoms with Crippen molar-refractivity contribution in [2.24, 2.45) is 0 Å². The summed E-state index contributed by atoms with van der Waals surface area (Å²) >= 11 is 0. The summed E-state index contributed by atoms with van der Waals surface area (Å²) in [7, 11) is 0. The van der Waals surface area contributed by atoms with Crippen molar-refractivity contribution in [2.75, 3.05) is 18.5 Å². The Balaban J connectivity index is 1.44. The molecule has 158 valence electrons. The number of ether oxygens (including phenoxy) is 2. The number of hydrogen-bond donors (Lipinski definition) is 2. The molecule has 0 saturated carbocycles. The Morgan fingerprint density at radius 3 is 2.03 bits per heavy atom. The Labute approximate surface area is 180 Å². The summed E-state index contributed by atoms with van der Waals surface area (Å²) in [6.45, 7) is 3.42. The molecule has 3 aromatic carbocycles. The normalized spacial score (nSPS) is 12.1. The molecule has 0 radical (unpaired) electrons. The summed E-state index contributed by atoms with van der Waals surface area (Å²) in [5, 5.41) is 11.6. The number of aliphatic carboxylic acids is 1.